The van der Waals surface area contributed by atoms with E-state index in [9.17, 15) is 4.79 Å². The number of carbonyl (C=O) groups excluding carboxylic acids is 1. The molecule has 10 heteroatoms. The molecule has 2 aliphatic rings. The lowest BCUT2D eigenvalue weighted by atomic mass is 10.1. The summed E-state index contributed by atoms with van der Waals surface area (Å²) in [4.78, 5) is 24.6. The molecule has 0 radical (unpaired) electrons. The second kappa shape index (κ2) is 8.01. The van der Waals surface area contributed by atoms with Gasteiger partial charge in [0.1, 0.15) is 17.7 Å². The summed E-state index contributed by atoms with van der Waals surface area (Å²) in [5.41, 5.74) is 3.28. The van der Waals surface area contributed by atoms with Crippen LogP contribution in [-0.4, -0.2) is 48.9 Å². The van der Waals surface area contributed by atoms with Crippen molar-refractivity contribution in [3.63, 3.8) is 0 Å². The quantitative estimate of drug-likeness (QED) is 0.482. The molecule has 1 aliphatic carbocycles. The van der Waals surface area contributed by atoms with Crippen molar-refractivity contribution in [1.82, 2.24) is 30.4 Å². The minimum absolute atomic E-state index is 0.0748. The van der Waals surface area contributed by atoms with Crippen LogP contribution in [0.4, 0.5) is 23.4 Å². The van der Waals surface area contributed by atoms with E-state index in [-0.39, 0.29) is 11.9 Å². The first-order valence-corrected chi connectivity index (χ1v) is 10.9. The molecule has 0 aromatic carbocycles. The number of hydrogen-bond acceptors (Lipinski definition) is 7. The zero-order valence-electron chi connectivity index (χ0n) is 17.8. The number of aromatic amines is 2. The molecule has 1 atom stereocenters. The molecule has 5 rings (SSSR count). The molecule has 0 spiro atoms. The standard InChI is InChI=1S/C21H27N9O/c1-12(2)15-11-18(29-27-15)24-19-13-5-3-6-14(13)23-21(26-19)30-10-4-7-16(30)20(31)25-17-8-9-22-28-17/h8-9,11-12,16H,3-7,10H2,1-2H3,(H2,22,25,28,31)(H2,23,24,26,27,29)/t16-/m1/s1. The molecule has 10 nitrogen and oxygen atoms in total. The van der Waals surface area contributed by atoms with Crippen LogP contribution in [0.3, 0.4) is 0 Å². The highest BCUT2D eigenvalue weighted by atomic mass is 16.2. The largest absolute Gasteiger partial charge is 0.329 e. The average molecular weight is 422 g/mol. The van der Waals surface area contributed by atoms with Crippen LogP contribution in [0.25, 0.3) is 0 Å². The highest BCUT2D eigenvalue weighted by molar-refractivity contribution is 5.96. The van der Waals surface area contributed by atoms with E-state index in [4.69, 9.17) is 9.97 Å². The van der Waals surface area contributed by atoms with Gasteiger partial charge >= 0.3 is 0 Å². The molecule has 31 heavy (non-hydrogen) atoms. The third-order valence-electron chi connectivity index (χ3n) is 5.96. The predicted octanol–water partition coefficient (Wildman–Crippen LogP) is 2.89. The molecular formula is C21H27N9O. The monoisotopic (exact) mass is 421 g/mol. The summed E-state index contributed by atoms with van der Waals surface area (Å²) in [5.74, 6) is 3.03. The van der Waals surface area contributed by atoms with Crippen LogP contribution in [0.5, 0.6) is 0 Å². The average Bonchev–Trinajstić information content (AvgIpc) is 3.53. The first kappa shape index (κ1) is 19.5. The van der Waals surface area contributed by atoms with Crippen molar-refractivity contribution in [2.45, 2.75) is 57.9 Å². The molecule has 0 saturated carbocycles. The van der Waals surface area contributed by atoms with Gasteiger partial charge in [0.15, 0.2) is 5.82 Å². The minimum atomic E-state index is -0.312. The maximum Gasteiger partial charge on any atom is 0.248 e. The minimum Gasteiger partial charge on any atom is -0.329 e. The van der Waals surface area contributed by atoms with Gasteiger partial charge in [-0.05, 0) is 38.0 Å². The van der Waals surface area contributed by atoms with Crippen LogP contribution in [0, 0.1) is 0 Å². The van der Waals surface area contributed by atoms with Gasteiger partial charge in [0.2, 0.25) is 11.9 Å². The lowest BCUT2D eigenvalue weighted by Crippen LogP contribution is -2.40. The Morgan fingerprint density at radius 2 is 2.13 bits per heavy atom. The Labute approximate surface area is 180 Å². The Bertz CT molecular complexity index is 1070. The summed E-state index contributed by atoms with van der Waals surface area (Å²) < 4.78 is 0. The highest BCUT2D eigenvalue weighted by Gasteiger charge is 2.34. The van der Waals surface area contributed by atoms with E-state index in [0.717, 1.165) is 67.2 Å². The van der Waals surface area contributed by atoms with Gasteiger partial charge in [-0.1, -0.05) is 13.8 Å². The summed E-state index contributed by atoms with van der Waals surface area (Å²) in [7, 11) is 0. The molecule has 0 unspecified atom stereocenters. The Hall–Kier alpha value is -3.43. The van der Waals surface area contributed by atoms with Crippen molar-refractivity contribution in [1.29, 1.82) is 0 Å². The molecule has 4 heterocycles. The highest BCUT2D eigenvalue weighted by Crippen LogP contribution is 2.33. The number of hydrogen-bond donors (Lipinski definition) is 4. The SMILES string of the molecule is CC(C)c1cc(Nc2nc(N3CCC[C@@H]3C(=O)Nc3ccn[nH]3)nc3c2CCC3)n[nH]1. The van der Waals surface area contributed by atoms with Crippen molar-refractivity contribution in [3.8, 4) is 0 Å². The van der Waals surface area contributed by atoms with Gasteiger partial charge in [0, 0.05) is 29.9 Å². The van der Waals surface area contributed by atoms with E-state index < -0.39 is 0 Å². The van der Waals surface area contributed by atoms with E-state index in [1.165, 1.54) is 0 Å². The van der Waals surface area contributed by atoms with Crippen LogP contribution >= 0.6 is 0 Å². The van der Waals surface area contributed by atoms with Gasteiger partial charge in [0.25, 0.3) is 0 Å². The Balaban J connectivity index is 1.42. The van der Waals surface area contributed by atoms with Crippen LogP contribution < -0.4 is 15.5 Å². The smallest absolute Gasteiger partial charge is 0.248 e. The van der Waals surface area contributed by atoms with Crippen LogP contribution in [0.1, 0.15) is 56.0 Å². The Morgan fingerprint density at radius 1 is 1.23 bits per heavy atom. The topological polar surface area (TPSA) is 128 Å². The molecule has 1 amide bonds. The zero-order chi connectivity index (χ0) is 21.4. The lowest BCUT2D eigenvalue weighted by Gasteiger charge is -2.25. The number of fused-ring (bicyclic) bond motifs is 1. The lowest BCUT2D eigenvalue weighted by molar-refractivity contribution is -0.117. The summed E-state index contributed by atoms with van der Waals surface area (Å²) in [6, 6.07) is 3.44. The van der Waals surface area contributed by atoms with Crippen LogP contribution in [0.15, 0.2) is 18.3 Å². The first-order valence-electron chi connectivity index (χ1n) is 10.9. The van der Waals surface area contributed by atoms with Gasteiger partial charge in [-0.3, -0.25) is 15.0 Å². The van der Waals surface area contributed by atoms with E-state index in [0.29, 0.717) is 17.7 Å². The summed E-state index contributed by atoms with van der Waals surface area (Å²) in [6.45, 7) is 5.00. The maximum atomic E-state index is 12.9. The molecule has 1 aliphatic heterocycles. The fourth-order valence-corrected chi connectivity index (χ4v) is 4.29. The number of amides is 1. The fourth-order valence-electron chi connectivity index (χ4n) is 4.29. The van der Waals surface area contributed by atoms with Gasteiger partial charge in [-0.15, -0.1) is 0 Å². The second-order valence-electron chi connectivity index (χ2n) is 8.45. The van der Waals surface area contributed by atoms with E-state index in [2.05, 4.69) is 44.9 Å². The maximum absolute atomic E-state index is 12.9. The van der Waals surface area contributed by atoms with Crippen molar-refractivity contribution < 1.29 is 4.79 Å². The van der Waals surface area contributed by atoms with Gasteiger partial charge < -0.3 is 15.5 Å². The number of nitrogens with one attached hydrogen (secondary N) is 4. The van der Waals surface area contributed by atoms with Crippen molar-refractivity contribution in [3.05, 3.63) is 35.3 Å². The number of carbonyl (C=O) groups is 1. The fraction of sp³-hybridized carbons (Fsp3) is 0.476. The molecule has 1 fully saturated rings. The van der Waals surface area contributed by atoms with Crippen molar-refractivity contribution >= 4 is 29.3 Å². The van der Waals surface area contributed by atoms with Crippen molar-refractivity contribution in [2.75, 3.05) is 22.1 Å². The van der Waals surface area contributed by atoms with Gasteiger partial charge in [0.05, 0.1) is 11.9 Å². The van der Waals surface area contributed by atoms with Crippen LogP contribution in [0.2, 0.25) is 0 Å². The van der Waals surface area contributed by atoms with Gasteiger partial charge in [-0.25, -0.2) is 4.98 Å². The molecular weight excluding hydrogens is 394 g/mol. The van der Waals surface area contributed by atoms with Crippen LogP contribution in [-0.2, 0) is 17.6 Å². The molecule has 4 N–H and O–H groups in total. The second-order valence-corrected chi connectivity index (χ2v) is 8.45. The molecule has 3 aromatic heterocycles. The zero-order valence-corrected chi connectivity index (χ0v) is 17.8. The number of aromatic nitrogens is 6. The Kier molecular flexibility index (Phi) is 5.05. The number of H-pyrrole nitrogens is 2. The Morgan fingerprint density at radius 3 is 2.90 bits per heavy atom. The number of aryl methyl sites for hydroxylation is 1. The third kappa shape index (κ3) is 3.85. The number of rotatable bonds is 6. The van der Waals surface area contributed by atoms with E-state index in [1.807, 2.05) is 11.0 Å². The normalized spacial score (nSPS) is 17.9. The van der Waals surface area contributed by atoms with E-state index in [1.54, 1.807) is 12.3 Å². The number of nitrogens with zero attached hydrogens (tertiary/aromatic N) is 5. The van der Waals surface area contributed by atoms with Crippen molar-refractivity contribution in [2.24, 2.45) is 0 Å². The number of anilines is 4. The van der Waals surface area contributed by atoms with Gasteiger partial charge in [-0.2, -0.15) is 15.2 Å². The molecule has 1 saturated heterocycles. The third-order valence-corrected chi connectivity index (χ3v) is 5.96. The molecule has 3 aromatic rings. The molecule has 0 bridgehead atoms. The first-order chi connectivity index (χ1) is 15.1. The summed E-state index contributed by atoms with van der Waals surface area (Å²) in [6.07, 6.45) is 6.23. The molecule has 162 valence electrons. The predicted molar refractivity (Wildman–Crippen MR) is 118 cm³/mol. The summed E-state index contributed by atoms with van der Waals surface area (Å²) in [5, 5.41) is 20.4. The van der Waals surface area contributed by atoms with E-state index >= 15 is 0 Å². The summed E-state index contributed by atoms with van der Waals surface area (Å²) >= 11 is 0.